The summed E-state index contributed by atoms with van der Waals surface area (Å²) in [5, 5.41) is 20.1. The monoisotopic (exact) mass is 255 g/mol. The fraction of sp³-hybridized carbons (Fsp3) is 0.462. The van der Waals surface area contributed by atoms with Gasteiger partial charge in [0, 0.05) is 13.0 Å². The van der Waals surface area contributed by atoms with Crippen molar-refractivity contribution < 1.29 is 19.4 Å². The van der Waals surface area contributed by atoms with Gasteiger partial charge in [-0.2, -0.15) is 0 Å². The highest BCUT2D eigenvalue weighted by atomic mass is 19.1. The summed E-state index contributed by atoms with van der Waals surface area (Å²) in [6.07, 6.45) is 0.796. The molecule has 0 aliphatic carbocycles. The molecule has 0 saturated heterocycles. The molecule has 1 atom stereocenters. The van der Waals surface area contributed by atoms with Crippen LogP contribution in [0.3, 0.4) is 0 Å². The number of hydrogen-bond donors (Lipinski definition) is 3. The van der Waals surface area contributed by atoms with Crippen molar-refractivity contribution in [1.82, 2.24) is 5.32 Å². The average molecular weight is 255 g/mol. The molecule has 0 aliphatic rings. The molecule has 1 aromatic rings. The smallest absolute Gasteiger partial charge is 0.220 e. The van der Waals surface area contributed by atoms with Crippen LogP contribution in [-0.2, 0) is 11.2 Å². The molecular formula is C13H18FNO3. The zero-order valence-corrected chi connectivity index (χ0v) is 10.1. The summed E-state index contributed by atoms with van der Waals surface area (Å²) in [5.41, 5.74) is 0.986. The van der Waals surface area contributed by atoms with Crippen LogP contribution in [0.2, 0.25) is 0 Å². The number of rotatable bonds is 7. The second kappa shape index (κ2) is 7.79. The van der Waals surface area contributed by atoms with Crippen LogP contribution in [0.5, 0.6) is 0 Å². The predicted octanol–water partition coefficient (Wildman–Crippen LogP) is 0.618. The maximum Gasteiger partial charge on any atom is 0.220 e. The standard InChI is InChI=1S/C13H18FNO3/c14-11-6-4-10(5-7-11)2-1-3-13(18)15-8-12(17)9-16/h4-7,12,16-17H,1-3,8-9H2,(H,15,18)/t12-/m0/s1. The Morgan fingerprint density at radius 3 is 2.61 bits per heavy atom. The van der Waals surface area contributed by atoms with Crippen molar-refractivity contribution in [3.8, 4) is 0 Å². The number of benzene rings is 1. The van der Waals surface area contributed by atoms with Gasteiger partial charge in [0.25, 0.3) is 0 Å². The zero-order valence-electron chi connectivity index (χ0n) is 10.1. The molecule has 0 aliphatic heterocycles. The van der Waals surface area contributed by atoms with E-state index in [2.05, 4.69) is 5.32 Å². The fourth-order valence-corrected chi connectivity index (χ4v) is 1.49. The van der Waals surface area contributed by atoms with E-state index in [1.165, 1.54) is 12.1 Å². The van der Waals surface area contributed by atoms with Gasteiger partial charge < -0.3 is 15.5 Å². The minimum atomic E-state index is -0.911. The molecule has 3 N–H and O–H groups in total. The Kier molecular flexibility index (Phi) is 6.32. The molecule has 1 rings (SSSR count). The van der Waals surface area contributed by atoms with E-state index in [0.29, 0.717) is 19.3 Å². The van der Waals surface area contributed by atoms with Crippen molar-refractivity contribution >= 4 is 5.91 Å². The van der Waals surface area contributed by atoms with E-state index in [1.54, 1.807) is 12.1 Å². The van der Waals surface area contributed by atoms with Gasteiger partial charge in [-0.3, -0.25) is 4.79 Å². The second-order valence-electron chi connectivity index (χ2n) is 4.12. The van der Waals surface area contributed by atoms with Crippen molar-refractivity contribution in [3.05, 3.63) is 35.6 Å². The second-order valence-corrected chi connectivity index (χ2v) is 4.12. The van der Waals surface area contributed by atoms with Gasteiger partial charge in [0.05, 0.1) is 12.7 Å². The topological polar surface area (TPSA) is 69.6 Å². The Morgan fingerprint density at radius 1 is 1.33 bits per heavy atom. The molecule has 100 valence electrons. The Hall–Kier alpha value is -1.46. The average Bonchev–Trinajstić information content (AvgIpc) is 2.38. The molecule has 4 nitrogen and oxygen atoms in total. The van der Waals surface area contributed by atoms with Crippen molar-refractivity contribution in [2.24, 2.45) is 0 Å². The minimum Gasteiger partial charge on any atom is -0.394 e. The molecule has 1 aromatic carbocycles. The van der Waals surface area contributed by atoms with Crippen molar-refractivity contribution in [1.29, 1.82) is 0 Å². The molecule has 0 bridgehead atoms. The van der Waals surface area contributed by atoms with Gasteiger partial charge in [-0.25, -0.2) is 4.39 Å². The van der Waals surface area contributed by atoms with Gasteiger partial charge in [-0.05, 0) is 30.5 Å². The van der Waals surface area contributed by atoms with Gasteiger partial charge in [0.15, 0.2) is 0 Å². The van der Waals surface area contributed by atoms with Crippen LogP contribution in [0.15, 0.2) is 24.3 Å². The van der Waals surface area contributed by atoms with Crippen LogP contribution in [0, 0.1) is 5.82 Å². The summed E-state index contributed by atoms with van der Waals surface area (Å²) in [5.74, 6) is -0.431. The number of aryl methyl sites for hydroxylation is 1. The zero-order chi connectivity index (χ0) is 13.4. The lowest BCUT2D eigenvalue weighted by molar-refractivity contribution is -0.121. The highest BCUT2D eigenvalue weighted by Crippen LogP contribution is 2.06. The highest BCUT2D eigenvalue weighted by molar-refractivity contribution is 5.75. The molecule has 0 saturated carbocycles. The maximum absolute atomic E-state index is 12.6. The number of aliphatic hydroxyl groups is 2. The number of carbonyl (C=O) groups excluding carboxylic acids is 1. The SMILES string of the molecule is O=C(CCCc1ccc(F)cc1)NC[C@H](O)CO. The van der Waals surface area contributed by atoms with E-state index in [1.807, 2.05) is 0 Å². The Labute approximate surface area is 105 Å². The van der Waals surface area contributed by atoms with Crippen LogP contribution in [0.1, 0.15) is 18.4 Å². The molecule has 5 heteroatoms. The lowest BCUT2D eigenvalue weighted by Crippen LogP contribution is -2.33. The lowest BCUT2D eigenvalue weighted by atomic mass is 10.1. The van der Waals surface area contributed by atoms with E-state index < -0.39 is 6.10 Å². The van der Waals surface area contributed by atoms with Crippen molar-refractivity contribution in [3.63, 3.8) is 0 Å². The third kappa shape index (κ3) is 5.75. The first kappa shape index (κ1) is 14.6. The van der Waals surface area contributed by atoms with Gasteiger partial charge in [-0.15, -0.1) is 0 Å². The minimum absolute atomic E-state index is 0.0614. The van der Waals surface area contributed by atoms with Crippen LogP contribution in [0.4, 0.5) is 4.39 Å². The Morgan fingerprint density at radius 2 is 2.00 bits per heavy atom. The summed E-state index contributed by atoms with van der Waals surface area (Å²) in [6, 6.07) is 6.19. The highest BCUT2D eigenvalue weighted by Gasteiger charge is 2.05. The first-order chi connectivity index (χ1) is 8.61. The predicted molar refractivity (Wildman–Crippen MR) is 65.4 cm³/mol. The number of aliphatic hydroxyl groups excluding tert-OH is 2. The molecule has 0 spiro atoms. The van der Waals surface area contributed by atoms with Crippen LogP contribution < -0.4 is 5.32 Å². The lowest BCUT2D eigenvalue weighted by Gasteiger charge is -2.08. The molecule has 0 radical (unpaired) electrons. The Bertz CT molecular complexity index is 367. The van der Waals surface area contributed by atoms with Crippen molar-refractivity contribution in [2.45, 2.75) is 25.4 Å². The van der Waals surface area contributed by atoms with Crippen LogP contribution in [-0.4, -0.2) is 35.4 Å². The maximum atomic E-state index is 12.6. The third-order valence-corrected chi connectivity index (χ3v) is 2.53. The number of hydrogen-bond acceptors (Lipinski definition) is 3. The normalized spacial score (nSPS) is 12.2. The number of halogens is 1. The fourth-order valence-electron chi connectivity index (χ4n) is 1.49. The summed E-state index contributed by atoms with van der Waals surface area (Å²) in [6.45, 7) is -0.304. The number of nitrogens with one attached hydrogen (secondary N) is 1. The Balaban J connectivity index is 2.17. The van der Waals surface area contributed by atoms with Gasteiger partial charge in [0.1, 0.15) is 5.82 Å². The van der Waals surface area contributed by atoms with Crippen LogP contribution in [0.25, 0.3) is 0 Å². The van der Waals surface area contributed by atoms with E-state index in [0.717, 1.165) is 5.56 Å². The van der Waals surface area contributed by atoms with E-state index in [9.17, 15) is 9.18 Å². The largest absolute Gasteiger partial charge is 0.394 e. The van der Waals surface area contributed by atoms with Gasteiger partial charge >= 0.3 is 0 Å². The number of amides is 1. The van der Waals surface area contributed by atoms with Crippen molar-refractivity contribution in [2.75, 3.05) is 13.2 Å². The first-order valence-electron chi connectivity index (χ1n) is 5.92. The molecule has 1 amide bonds. The summed E-state index contributed by atoms with van der Waals surface area (Å²) >= 11 is 0. The quantitative estimate of drug-likeness (QED) is 0.669. The summed E-state index contributed by atoms with van der Waals surface area (Å²) in [4.78, 5) is 11.3. The molecule has 18 heavy (non-hydrogen) atoms. The molecule has 0 heterocycles. The van der Waals surface area contributed by atoms with E-state index in [4.69, 9.17) is 10.2 Å². The molecular weight excluding hydrogens is 237 g/mol. The van der Waals surface area contributed by atoms with E-state index >= 15 is 0 Å². The van der Waals surface area contributed by atoms with Crippen LogP contribution >= 0.6 is 0 Å². The summed E-state index contributed by atoms with van der Waals surface area (Å²) < 4.78 is 12.6. The van der Waals surface area contributed by atoms with E-state index in [-0.39, 0.29) is 24.9 Å². The third-order valence-electron chi connectivity index (χ3n) is 2.53. The van der Waals surface area contributed by atoms with Gasteiger partial charge in [-0.1, -0.05) is 12.1 Å². The molecule has 0 aromatic heterocycles. The molecule has 0 unspecified atom stereocenters. The summed E-state index contributed by atoms with van der Waals surface area (Å²) in [7, 11) is 0. The molecule has 0 fully saturated rings. The first-order valence-corrected chi connectivity index (χ1v) is 5.92. The number of carbonyl (C=O) groups is 1. The van der Waals surface area contributed by atoms with Gasteiger partial charge in [0.2, 0.25) is 5.91 Å².